The van der Waals surface area contributed by atoms with E-state index in [-0.39, 0.29) is 0 Å². The Morgan fingerprint density at radius 1 is 0.472 bits per heavy atom. The predicted octanol–water partition coefficient (Wildman–Crippen LogP) is 9.71. The van der Waals surface area contributed by atoms with Crippen LogP contribution >= 0.6 is 0 Å². The molecule has 0 spiro atoms. The highest BCUT2D eigenvalue weighted by Gasteiger charge is 2.14. The molecule has 1 N–H and O–H groups in total. The fourth-order valence-electron chi connectivity index (χ4n) is 5.68. The van der Waals surface area contributed by atoms with Crippen molar-refractivity contribution < 1.29 is 4.42 Å². The fraction of sp³-hybridized carbons (Fsp3) is 0. The Kier molecular flexibility index (Phi) is 3.97. The summed E-state index contributed by atoms with van der Waals surface area (Å²) in [6.07, 6.45) is 0. The zero-order valence-electron chi connectivity index (χ0n) is 19.5. The van der Waals surface area contributed by atoms with Crippen molar-refractivity contribution in [2.45, 2.75) is 0 Å². The second-order valence-corrected chi connectivity index (χ2v) is 9.46. The minimum Gasteiger partial charge on any atom is -0.455 e. The molecular weight excluding hydrogens is 438 g/mol. The average Bonchev–Trinajstić information content (AvgIpc) is 3.49. The molecule has 0 bridgehead atoms. The van der Waals surface area contributed by atoms with Gasteiger partial charge in [0, 0.05) is 38.2 Å². The molecule has 0 amide bonds. The van der Waals surface area contributed by atoms with Crippen LogP contribution in [0.15, 0.2) is 126 Å². The lowest BCUT2D eigenvalue weighted by atomic mass is 9.96. The SMILES string of the molecule is c1cc(-c2cccc3c2[nH]c2cc4ccccc4cc23)cc(-c2cccc3c2oc2ccccc23)c1. The summed E-state index contributed by atoms with van der Waals surface area (Å²) in [6, 6.07) is 43.1. The third kappa shape index (κ3) is 2.79. The van der Waals surface area contributed by atoms with Crippen LogP contribution in [0, 0.1) is 0 Å². The molecule has 0 aliphatic carbocycles. The molecule has 0 saturated carbocycles. The number of fused-ring (bicyclic) bond motifs is 7. The van der Waals surface area contributed by atoms with E-state index in [0.717, 1.165) is 33.1 Å². The zero-order valence-corrected chi connectivity index (χ0v) is 19.5. The molecule has 2 heterocycles. The fourth-order valence-corrected chi connectivity index (χ4v) is 5.68. The number of H-pyrrole nitrogens is 1. The first-order valence-electron chi connectivity index (χ1n) is 12.3. The third-order valence-electron chi connectivity index (χ3n) is 7.39. The lowest BCUT2D eigenvalue weighted by molar-refractivity contribution is 0.670. The maximum Gasteiger partial charge on any atom is 0.143 e. The molecule has 8 aromatic rings. The third-order valence-corrected chi connectivity index (χ3v) is 7.39. The first-order chi connectivity index (χ1) is 17.8. The monoisotopic (exact) mass is 459 g/mol. The normalized spacial score (nSPS) is 11.9. The largest absolute Gasteiger partial charge is 0.455 e. The maximum absolute atomic E-state index is 6.33. The highest BCUT2D eigenvalue weighted by Crippen LogP contribution is 2.39. The molecule has 2 nitrogen and oxygen atoms in total. The Morgan fingerprint density at radius 2 is 1.14 bits per heavy atom. The molecule has 6 aromatic carbocycles. The van der Waals surface area contributed by atoms with E-state index in [9.17, 15) is 0 Å². The smallest absolute Gasteiger partial charge is 0.143 e. The van der Waals surface area contributed by atoms with Crippen molar-refractivity contribution in [3.05, 3.63) is 121 Å². The molecule has 0 aliphatic heterocycles. The molecule has 2 aromatic heterocycles. The van der Waals surface area contributed by atoms with Gasteiger partial charge in [-0.1, -0.05) is 97.1 Å². The summed E-state index contributed by atoms with van der Waals surface area (Å²) in [7, 11) is 0. The van der Waals surface area contributed by atoms with E-state index in [0.29, 0.717) is 0 Å². The molecular formula is C34H21NO. The Bertz CT molecular complexity index is 2110. The topological polar surface area (TPSA) is 28.9 Å². The second-order valence-electron chi connectivity index (χ2n) is 9.46. The van der Waals surface area contributed by atoms with Gasteiger partial charge in [-0.2, -0.15) is 0 Å². The standard InChI is InChI=1S/C34H21NO/c1-2-9-22-20-31-30(19-21(22)8-1)28-15-6-13-25(33(28)35-31)23-10-5-11-24(18-23)26-14-7-16-29-27-12-3-4-17-32(27)36-34(26)29/h1-20,35H. The van der Waals surface area contributed by atoms with Crippen LogP contribution in [0.25, 0.3) is 76.8 Å². The van der Waals surface area contributed by atoms with Gasteiger partial charge in [-0.3, -0.25) is 0 Å². The minimum atomic E-state index is 0.923. The van der Waals surface area contributed by atoms with Crippen molar-refractivity contribution in [3.8, 4) is 22.3 Å². The molecule has 0 radical (unpaired) electrons. The van der Waals surface area contributed by atoms with Crippen molar-refractivity contribution in [2.24, 2.45) is 0 Å². The number of para-hydroxylation sites is 3. The summed E-state index contributed by atoms with van der Waals surface area (Å²) in [5.41, 5.74) is 8.84. The Labute approximate surface area is 207 Å². The lowest BCUT2D eigenvalue weighted by Gasteiger charge is -2.08. The number of aromatic nitrogens is 1. The minimum absolute atomic E-state index is 0.923. The van der Waals surface area contributed by atoms with Gasteiger partial charge in [-0.05, 0) is 46.2 Å². The molecule has 8 rings (SSSR count). The van der Waals surface area contributed by atoms with E-state index < -0.39 is 0 Å². The van der Waals surface area contributed by atoms with Gasteiger partial charge in [-0.25, -0.2) is 0 Å². The van der Waals surface area contributed by atoms with E-state index in [4.69, 9.17) is 4.42 Å². The summed E-state index contributed by atoms with van der Waals surface area (Å²) in [4.78, 5) is 3.73. The number of hydrogen-bond donors (Lipinski definition) is 1. The number of hydrogen-bond acceptors (Lipinski definition) is 1. The van der Waals surface area contributed by atoms with Crippen LogP contribution in [0.3, 0.4) is 0 Å². The van der Waals surface area contributed by atoms with E-state index in [1.54, 1.807) is 0 Å². The van der Waals surface area contributed by atoms with E-state index in [1.807, 2.05) is 12.1 Å². The zero-order chi connectivity index (χ0) is 23.6. The van der Waals surface area contributed by atoms with Crippen LogP contribution in [0.2, 0.25) is 0 Å². The summed E-state index contributed by atoms with van der Waals surface area (Å²) < 4.78 is 6.33. The Morgan fingerprint density at radius 3 is 2.03 bits per heavy atom. The van der Waals surface area contributed by atoms with Gasteiger partial charge in [0.1, 0.15) is 11.2 Å². The molecule has 0 unspecified atom stereocenters. The van der Waals surface area contributed by atoms with Gasteiger partial charge in [0.15, 0.2) is 0 Å². The number of furan rings is 1. The van der Waals surface area contributed by atoms with Crippen LogP contribution in [0.4, 0.5) is 0 Å². The van der Waals surface area contributed by atoms with E-state index in [2.05, 4.69) is 114 Å². The van der Waals surface area contributed by atoms with Crippen LogP contribution in [-0.2, 0) is 0 Å². The van der Waals surface area contributed by atoms with Crippen molar-refractivity contribution in [1.82, 2.24) is 4.98 Å². The van der Waals surface area contributed by atoms with Gasteiger partial charge in [0.2, 0.25) is 0 Å². The van der Waals surface area contributed by atoms with Gasteiger partial charge in [-0.15, -0.1) is 0 Å². The number of aromatic amines is 1. The van der Waals surface area contributed by atoms with E-state index >= 15 is 0 Å². The predicted molar refractivity (Wildman–Crippen MR) is 151 cm³/mol. The van der Waals surface area contributed by atoms with Crippen LogP contribution in [0.1, 0.15) is 0 Å². The number of rotatable bonds is 2. The quantitative estimate of drug-likeness (QED) is 0.274. The number of benzene rings is 6. The Hall–Kier alpha value is -4.82. The lowest BCUT2D eigenvalue weighted by Crippen LogP contribution is -1.84. The van der Waals surface area contributed by atoms with Crippen LogP contribution in [0.5, 0.6) is 0 Å². The van der Waals surface area contributed by atoms with Crippen molar-refractivity contribution in [2.75, 3.05) is 0 Å². The van der Waals surface area contributed by atoms with Crippen molar-refractivity contribution >= 4 is 54.5 Å². The van der Waals surface area contributed by atoms with Crippen LogP contribution in [-0.4, -0.2) is 4.98 Å². The molecule has 36 heavy (non-hydrogen) atoms. The first kappa shape index (κ1) is 19.5. The highest BCUT2D eigenvalue weighted by molar-refractivity contribution is 6.15. The van der Waals surface area contributed by atoms with E-state index in [1.165, 1.54) is 43.7 Å². The average molecular weight is 460 g/mol. The first-order valence-corrected chi connectivity index (χ1v) is 12.3. The van der Waals surface area contributed by atoms with Gasteiger partial charge >= 0.3 is 0 Å². The molecule has 0 saturated heterocycles. The van der Waals surface area contributed by atoms with Gasteiger partial charge in [0.05, 0.1) is 5.52 Å². The molecule has 0 atom stereocenters. The highest BCUT2D eigenvalue weighted by atomic mass is 16.3. The van der Waals surface area contributed by atoms with Crippen LogP contribution < -0.4 is 0 Å². The molecule has 168 valence electrons. The van der Waals surface area contributed by atoms with Crippen molar-refractivity contribution in [3.63, 3.8) is 0 Å². The molecule has 0 aliphatic rings. The number of nitrogens with one attached hydrogen (secondary N) is 1. The van der Waals surface area contributed by atoms with Gasteiger partial charge in [0.25, 0.3) is 0 Å². The summed E-state index contributed by atoms with van der Waals surface area (Å²) in [6.45, 7) is 0. The Balaban J connectivity index is 1.34. The second kappa shape index (κ2) is 7.34. The van der Waals surface area contributed by atoms with Gasteiger partial charge < -0.3 is 9.40 Å². The molecule has 0 fully saturated rings. The summed E-state index contributed by atoms with van der Waals surface area (Å²) >= 11 is 0. The summed E-state index contributed by atoms with van der Waals surface area (Å²) in [5.74, 6) is 0. The van der Waals surface area contributed by atoms with Crippen molar-refractivity contribution in [1.29, 1.82) is 0 Å². The molecule has 2 heteroatoms. The maximum atomic E-state index is 6.33. The summed E-state index contributed by atoms with van der Waals surface area (Å²) in [5, 5.41) is 7.32.